The van der Waals surface area contributed by atoms with Crippen molar-refractivity contribution < 1.29 is 9.47 Å². The predicted octanol–water partition coefficient (Wildman–Crippen LogP) is 2.64. The molecule has 1 N–H and O–H groups in total. The smallest absolute Gasteiger partial charge is 0.160 e. The van der Waals surface area contributed by atoms with Crippen molar-refractivity contribution in [2.75, 3.05) is 20.8 Å². The zero-order valence-corrected chi connectivity index (χ0v) is 12.0. The molecule has 0 saturated heterocycles. The lowest BCUT2D eigenvalue weighted by Gasteiger charge is -2.17. The Morgan fingerprint density at radius 1 is 1.26 bits per heavy atom. The van der Waals surface area contributed by atoms with E-state index < -0.39 is 0 Å². The second-order valence-corrected chi connectivity index (χ2v) is 4.45. The Labute approximate surface area is 116 Å². The van der Waals surface area contributed by atoms with Crippen LogP contribution in [0.4, 0.5) is 0 Å². The van der Waals surface area contributed by atoms with E-state index in [0.29, 0.717) is 6.04 Å². The van der Waals surface area contributed by atoms with Crippen LogP contribution in [0.5, 0.6) is 11.5 Å². The van der Waals surface area contributed by atoms with E-state index in [1.165, 1.54) is 5.56 Å². The van der Waals surface area contributed by atoms with Gasteiger partial charge in [0.1, 0.15) is 0 Å². The van der Waals surface area contributed by atoms with Crippen LogP contribution >= 0.6 is 0 Å². The standard InChI is InChI=1S/C16H23NO2/c1-5-7-14(17-10-6-2)11-13-8-9-15(18-3)16(12-13)19-4/h1,8-9,12,14,17H,6-7,10-11H2,2-4H3. The van der Waals surface area contributed by atoms with Crippen LogP contribution in [0.3, 0.4) is 0 Å². The van der Waals surface area contributed by atoms with E-state index in [1.54, 1.807) is 14.2 Å². The molecular weight excluding hydrogens is 238 g/mol. The lowest BCUT2D eigenvalue weighted by molar-refractivity contribution is 0.354. The van der Waals surface area contributed by atoms with Crippen LogP contribution in [0.1, 0.15) is 25.3 Å². The highest BCUT2D eigenvalue weighted by molar-refractivity contribution is 5.43. The minimum Gasteiger partial charge on any atom is -0.493 e. The lowest BCUT2D eigenvalue weighted by atomic mass is 10.0. The molecule has 1 rings (SSSR count). The third-order valence-corrected chi connectivity index (χ3v) is 2.98. The summed E-state index contributed by atoms with van der Waals surface area (Å²) in [5.41, 5.74) is 1.20. The Bertz CT molecular complexity index is 423. The predicted molar refractivity (Wildman–Crippen MR) is 78.8 cm³/mol. The highest BCUT2D eigenvalue weighted by Crippen LogP contribution is 2.28. The zero-order chi connectivity index (χ0) is 14.1. The van der Waals surface area contributed by atoms with Crippen LogP contribution in [0.15, 0.2) is 18.2 Å². The Morgan fingerprint density at radius 3 is 2.58 bits per heavy atom. The van der Waals surface area contributed by atoms with Crippen molar-refractivity contribution in [2.24, 2.45) is 0 Å². The maximum Gasteiger partial charge on any atom is 0.160 e. The number of nitrogens with one attached hydrogen (secondary N) is 1. The Balaban J connectivity index is 2.75. The van der Waals surface area contributed by atoms with E-state index in [2.05, 4.69) is 24.2 Å². The van der Waals surface area contributed by atoms with E-state index in [1.807, 2.05) is 12.1 Å². The first-order valence-corrected chi connectivity index (χ1v) is 6.62. The maximum absolute atomic E-state index is 5.42. The maximum atomic E-state index is 5.42. The van der Waals surface area contributed by atoms with Crippen LogP contribution in [-0.4, -0.2) is 26.8 Å². The van der Waals surface area contributed by atoms with Crippen molar-refractivity contribution in [3.05, 3.63) is 23.8 Å². The molecule has 0 aromatic heterocycles. The highest BCUT2D eigenvalue weighted by Gasteiger charge is 2.10. The van der Waals surface area contributed by atoms with Gasteiger partial charge in [0.05, 0.1) is 14.2 Å². The van der Waals surface area contributed by atoms with Crippen molar-refractivity contribution in [1.29, 1.82) is 0 Å². The van der Waals surface area contributed by atoms with Crippen molar-refractivity contribution in [1.82, 2.24) is 5.32 Å². The van der Waals surface area contributed by atoms with Gasteiger partial charge in [0.15, 0.2) is 11.5 Å². The van der Waals surface area contributed by atoms with Gasteiger partial charge in [-0.1, -0.05) is 13.0 Å². The number of ether oxygens (including phenoxy) is 2. The van der Waals surface area contributed by atoms with Crippen molar-refractivity contribution in [2.45, 2.75) is 32.2 Å². The van der Waals surface area contributed by atoms with Gasteiger partial charge >= 0.3 is 0 Å². The number of hydrogen-bond donors (Lipinski definition) is 1. The van der Waals surface area contributed by atoms with Gasteiger partial charge in [-0.15, -0.1) is 12.3 Å². The molecule has 1 unspecified atom stereocenters. The highest BCUT2D eigenvalue weighted by atomic mass is 16.5. The van der Waals surface area contributed by atoms with E-state index in [-0.39, 0.29) is 0 Å². The minimum atomic E-state index is 0.308. The van der Waals surface area contributed by atoms with Gasteiger partial charge in [-0.25, -0.2) is 0 Å². The Hall–Kier alpha value is -1.66. The molecule has 3 heteroatoms. The third kappa shape index (κ3) is 4.84. The summed E-state index contributed by atoms with van der Waals surface area (Å²) in [5, 5.41) is 3.47. The normalized spacial score (nSPS) is 11.7. The molecule has 0 fully saturated rings. The van der Waals surface area contributed by atoms with E-state index in [0.717, 1.165) is 37.3 Å². The topological polar surface area (TPSA) is 30.5 Å². The average Bonchev–Trinajstić information content (AvgIpc) is 2.44. The third-order valence-electron chi connectivity index (χ3n) is 2.98. The molecule has 1 aromatic rings. The first-order valence-electron chi connectivity index (χ1n) is 6.62. The quantitative estimate of drug-likeness (QED) is 0.730. The largest absolute Gasteiger partial charge is 0.493 e. The summed E-state index contributed by atoms with van der Waals surface area (Å²) in [6, 6.07) is 6.30. The van der Waals surface area contributed by atoms with Gasteiger partial charge in [-0.2, -0.15) is 0 Å². The summed E-state index contributed by atoms with van der Waals surface area (Å²) < 4.78 is 10.5. The van der Waals surface area contributed by atoms with E-state index in [9.17, 15) is 0 Å². The second-order valence-electron chi connectivity index (χ2n) is 4.45. The molecule has 0 radical (unpaired) electrons. The molecule has 0 saturated carbocycles. The average molecular weight is 261 g/mol. The summed E-state index contributed by atoms with van der Waals surface area (Å²) in [6.45, 7) is 3.13. The second kappa shape index (κ2) is 8.44. The van der Waals surface area contributed by atoms with Gasteiger partial charge in [-0.05, 0) is 37.1 Å². The summed E-state index contributed by atoms with van der Waals surface area (Å²) >= 11 is 0. The zero-order valence-electron chi connectivity index (χ0n) is 12.0. The number of rotatable bonds is 8. The Morgan fingerprint density at radius 2 is 2.00 bits per heavy atom. The SMILES string of the molecule is C#CCC(Cc1ccc(OC)c(OC)c1)NCCC. The molecule has 0 aliphatic carbocycles. The van der Waals surface area contributed by atoms with Crippen molar-refractivity contribution in [3.8, 4) is 23.8 Å². The summed E-state index contributed by atoms with van der Waals surface area (Å²) in [5.74, 6) is 4.24. The molecule has 0 spiro atoms. The molecule has 0 bridgehead atoms. The summed E-state index contributed by atoms with van der Waals surface area (Å²) in [7, 11) is 3.29. The number of benzene rings is 1. The van der Waals surface area contributed by atoms with E-state index >= 15 is 0 Å². The van der Waals surface area contributed by atoms with Crippen LogP contribution in [0, 0.1) is 12.3 Å². The number of hydrogen-bond acceptors (Lipinski definition) is 3. The van der Waals surface area contributed by atoms with Gasteiger partial charge < -0.3 is 14.8 Å². The molecule has 104 valence electrons. The van der Waals surface area contributed by atoms with Gasteiger partial charge in [-0.3, -0.25) is 0 Å². The van der Waals surface area contributed by atoms with Crippen LogP contribution in [0.25, 0.3) is 0 Å². The lowest BCUT2D eigenvalue weighted by Crippen LogP contribution is -2.31. The molecule has 0 aliphatic heterocycles. The van der Waals surface area contributed by atoms with Crippen LogP contribution in [0.2, 0.25) is 0 Å². The molecule has 0 heterocycles. The molecule has 19 heavy (non-hydrogen) atoms. The van der Waals surface area contributed by atoms with E-state index in [4.69, 9.17) is 15.9 Å². The fourth-order valence-corrected chi connectivity index (χ4v) is 2.00. The van der Waals surface area contributed by atoms with Crippen LogP contribution in [-0.2, 0) is 6.42 Å². The van der Waals surface area contributed by atoms with Gasteiger partial charge in [0.2, 0.25) is 0 Å². The first kappa shape index (κ1) is 15.4. The molecule has 1 aromatic carbocycles. The van der Waals surface area contributed by atoms with Crippen molar-refractivity contribution in [3.63, 3.8) is 0 Å². The molecule has 3 nitrogen and oxygen atoms in total. The first-order chi connectivity index (χ1) is 9.24. The monoisotopic (exact) mass is 261 g/mol. The summed E-state index contributed by atoms with van der Waals surface area (Å²) in [4.78, 5) is 0. The molecule has 0 amide bonds. The summed E-state index contributed by atoms with van der Waals surface area (Å²) in [6.07, 6.45) is 8.15. The fourth-order valence-electron chi connectivity index (χ4n) is 2.00. The molecule has 1 atom stereocenters. The number of methoxy groups -OCH3 is 2. The number of terminal acetylenes is 1. The van der Waals surface area contributed by atoms with Crippen molar-refractivity contribution >= 4 is 0 Å². The van der Waals surface area contributed by atoms with Gasteiger partial charge in [0, 0.05) is 12.5 Å². The Kier molecular flexibility index (Phi) is 6.84. The van der Waals surface area contributed by atoms with Crippen LogP contribution < -0.4 is 14.8 Å². The minimum absolute atomic E-state index is 0.308. The van der Waals surface area contributed by atoms with Gasteiger partial charge in [0.25, 0.3) is 0 Å². The fraction of sp³-hybridized carbons (Fsp3) is 0.500. The molecule has 0 aliphatic rings. The molecular formula is C16H23NO2.